The zero-order valence-corrected chi connectivity index (χ0v) is 9.25. The van der Waals surface area contributed by atoms with E-state index in [1.165, 1.54) is 11.8 Å². The molecule has 0 radical (unpaired) electrons. The molecule has 0 aromatic carbocycles. The molecule has 6 heteroatoms. The minimum absolute atomic E-state index is 0.235. The molecule has 14 heavy (non-hydrogen) atoms. The second kappa shape index (κ2) is 6.67. The number of carboxylic acid groups (broad SMARTS) is 1. The van der Waals surface area contributed by atoms with Crippen LogP contribution in [0.3, 0.4) is 0 Å². The van der Waals surface area contributed by atoms with Crippen molar-refractivity contribution in [2.45, 2.75) is 25.1 Å². The van der Waals surface area contributed by atoms with Crippen molar-refractivity contribution in [2.24, 2.45) is 16.5 Å². The van der Waals surface area contributed by atoms with Gasteiger partial charge in [-0.2, -0.15) is 11.8 Å². The third kappa shape index (κ3) is 6.73. The first-order chi connectivity index (χ1) is 6.43. The van der Waals surface area contributed by atoms with Crippen LogP contribution in [0.2, 0.25) is 0 Å². The number of carboxylic acids is 1. The zero-order valence-electron chi connectivity index (χ0n) is 8.43. The molecule has 0 heterocycles. The summed E-state index contributed by atoms with van der Waals surface area (Å²) in [6.07, 6.45) is 0. The van der Waals surface area contributed by atoms with Gasteiger partial charge in [-0.05, 0) is 6.92 Å². The summed E-state index contributed by atoms with van der Waals surface area (Å²) < 4.78 is 0. The lowest BCUT2D eigenvalue weighted by atomic mass is 10.4. The zero-order chi connectivity index (χ0) is 11.1. The molecule has 2 atom stereocenters. The van der Waals surface area contributed by atoms with Gasteiger partial charge in [0.05, 0.1) is 12.4 Å². The smallest absolute Gasteiger partial charge is 0.321 e. The monoisotopic (exact) mass is 219 g/mol. The van der Waals surface area contributed by atoms with Gasteiger partial charge in [0, 0.05) is 11.0 Å². The fourth-order valence-electron chi connectivity index (χ4n) is 0.664. The van der Waals surface area contributed by atoms with Gasteiger partial charge in [-0.15, -0.1) is 0 Å². The van der Waals surface area contributed by atoms with Crippen LogP contribution < -0.4 is 11.5 Å². The lowest BCUT2D eigenvalue weighted by Crippen LogP contribution is -2.33. The SMILES string of the molecule is CC(N)=NCC(C)SCC(N)C(=O)O. The van der Waals surface area contributed by atoms with Gasteiger partial charge in [0.15, 0.2) is 0 Å². The molecule has 0 aromatic heterocycles. The van der Waals surface area contributed by atoms with Gasteiger partial charge in [0.1, 0.15) is 6.04 Å². The molecule has 2 unspecified atom stereocenters. The quantitative estimate of drug-likeness (QED) is 0.427. The van der Waals surface area contributed by atoms with E-state index in [9.17, 15) is 4.79 Å². The van der Waals surface area contributed by atoms with E-state index in [0.29, 0.717) is 18.1 Å². The summed E-state index contributed by atoms with van der Waals surface area (Å²) in [4.78, 5) is 14.4. The molecule has 0 bridgehead atoms. The van der Waals surface area contributed by atoms with Crippen LogP contribution in [0.1, 0.15) is 13.8 Å². The molecular formula is C8H17N3O2S. The summed E-state index contributed by atoms with van der Waals surface area (Å²) in [7, 11) is 0. The van der Waals surface area contributed by atoms with Crippen LogP contribution in [0.4, 0.5) is 0 Å². The average Bonchev–Trinajstić information content (AvgIpc) is 2.10. The van der Waals surface area contributed by atoms with Crippen molar-refractivity contribution in [3.63, 3.8) is 0 Å². The van der Waals surface area contributed by atoms with Crippen LogP contribution in [0.25, 0.3) is 0 Å². The maximum absolute atomic E-state index is 10.4. The number of rotatable bonds is 6. The van der Waals surface area contributed by atoms with Crippen LogP contribution >= 0.6 is 11.8 Å². The fourth-order valence-corrected chi connectivity index (χ4v) is 1.52. The summed E-state index contributed by atoms with van der Waals surface area (Å²) in [5.41, 5.74) is 10.7. The number of amidine groups is 1. The predicted molar refractivity (Wildman–Crippen MR) is 59.7 cm³/mol. The average molecular weight is 219 g/mol. The van der Waals surface area contributed by atoms with E-state index >= 15 is 0 Å². The van der Waals surface area contributed by atoms with Crippen LogP contribution in [-0.2, 0) is 4.79 Å². The molecule has 0 aliphatic carbocycles. The minimum Gasteiger partial charge on any atom is -0.480 e. The van der Waals surface area contributed by atoms with Gasteiger partial charge in [-0.25, -0.2) is 0 Å². The molecule has 5 nitrogen and oxygen atoms in total. The third-order valence-corrected chi connectivity index (χ3v) is 2.74. The van der Waals surface area contributed by atoms with E-state index in [0.717, 1.165) is 0 Å². The normalized spacial score (nSPS) is 16.4. The molecule has 5 N–H and O–H groups in total. The highest BCUT2D eigenvalue weighted by Gasteiger charge is 2.13. The first-order valence-corrected chi connectivity index (χ1v) is 5.35. The predicted octanol–water partition coefficient (Wildman–Crippen LogP) is -0.103. The Balaban J connectivity index is 3.69. The highest BCUT2D eigenvalue weighted by molar-refractivity contribution is 8.00. The van der Waals surface area contributed by atoms with Crippen molar-refractivity contribution in [3.8, 4) is 0 Å². The Morgan fingerprint density at radius 2 is 2.21 bits per heavy atom. The second-order valence-corrected chi connectivity index (χ2v) is 4.54. The van der Waals surface area contributed by atoms with Gasteiger partial charge >= 0.3 is 5.97 Å². The van der Waals surface area contributed by atoms with Crippen molar-refractivity contribution in [1.29, 1.82) is 0 Å². The van der Waals surface area contributed by atoms with Gasteiger partial charge in [0.2, 0.25) is 0 Å². The summed E-state index contributed by atoms with van der Waals surface area (Å²) in [6, 6.07) is -0.801. The molecular weight excluding hydrogens is 202 g/mol. The molecule has 0 saturated carbocycles. The number of hydrogen-bond acceptors (Lipinski definition) is 4. The molecule has 0 amide bonds. The van der Waals surface area contributed by atoms with Gasteiger partial charge in [-0.3, -0.25) is 9.79 Å². The topological polar surface area (TPSA) is 102 Å². The number of carbonyl (C=O) groups is 1. The lowest BCUT2D eigenvalue weighted by molar-refractivity contribution is -0.137. The number of nitrogens with two attached hydrogens (primary N) is 2. The Morgan fingerprint density at radius 3 is 2.64 bits per heavy atom. The first-order valence-electron chi connectivity index (χ1n) is 4.30. The molecule has 0 saturated heterocycles. The molecule has 0 aliphatic rings. The van der Waals surface area contributed by atoms with Crippen LogP contribution in [0.15, 0.2) is 4.99 Å². The molecule has 0 aromatic rings. The minimum atomic E-state index is -0.969. The summed E-state index contributed by atoms with van der Waals surface area (Å²) >= 11 is 1.49. The van der Waals surface area contributed by atoms with Gasteiger partial charge < -0.3 is 16.6 Å². The Kier molecular flexibility index (Phi) is 6.31. The Hall–Kier alpha value is -0.750. The number of nitrogens with zero attached hydrogens (tertiary/aromatic N) is 1. The largest absolute Gasteiger partial charge is 0.480 e. The van der Waals surface area contributed by atoms with Crippen molar-refractivity contribution < 1.29 is 9.90 Å². The van der Waals surface area contributed by atoms with Gasteiger partial charge in [-0.1, -0.05) is 6.92 Å². The van der Waals surface area contributed by atoms with Crippen molar-refractivity contribution in [3.05, 3.63) is 0 Å². The van der Waals surface area contributed by atoms with E-state index < -0.39 is 12.0 Å². The summed E-state index contributed by atoms with van der Waals surface area (Å²) in [5.74, 6) is -0.0292. The molecule has 82 valence electrons. The van der Waals surface area contributed by atoms with E-state index in [4.69, 9.17) is 16.6 Å². The standard InChI is InChI=1S/C8H17N3O2S/c1-5(3-11-6(2)9)14-4-7(10)8(12)13/h5,7H,3-4,10H2,1-2H3,(H2,9,11)(H,12,13). The van der Waals surface area contributed by atoms with Crippen LogP contribution in [0, 0.1) is 0 Å². The molecule has 0 rings (SSSR count). The van der Waals surface area contributed by atoms with Crippen molar-refractivity contribution in [2.75, 3.05) is 12.3 Å². The van der Waals surface area contributed by atoms with Crippen molar-refractivity contribution >= 4 is 23.6 Å². The Bertz CT molecular complexity index is 217. The molecule has 0 spiro atoms. The van der Waals surface area contributed by atoms with E-state index in [2.05, 4.69) is 4.99 Å². The highest BCUT2D eigenvalue weighted by atomic mass is 32.2. The fraction of sp³-hybridized carbons (Fsp3) is 0.750. The van der Waals surface area contributed by atoms with E-state index in [1.807, 2.05) is 6.92 Å². The lowest BCUT2D eigenvalue weighted by Gasteiger charge is -2.10. The Labute approximate surface area is 87.9 Å². The Morgan fingerprint density at radius 1 is 1.64 bits per heavy atom. The molecule has 0 aliphatic heterocycles. The summed E-state index contributed by atoms with van der Waals surface area (Å²) in [6.45, 7) is 4.28. The van der Waals surface area contributed by atoms with E-state index in [1.54, 1.807) is 6.92 Å². The molecule has 0 fully saturated rings. The third-order valence-electron chi connectivity index (χ3n) is 1.48. The van der Waals surface area contributed by atoms with Crippen molar-refractivity contribution in [1.82, 2.24) is 0 Å². The maximum atomic E-state index is 10.4. The van der Waals surface area contributed by atoms with E-state index in [-0.39, 0.29) is 5.25 Å². The first kappa shape index (κ1) is 13.2. The highest BCUT2D eigenvalue weighted by Crippen LogP contribution is 2.11. The van der Waals surface area contributed by atoms with Crippen LogP contribution in [-0.4, -0.2) is 40.5 Å². The second-order valence-electron chi connectivity index (χ2n) is 3.07. The number of hydrogen-bond donors (Lipinski definition) is 3. The number of aliphatic imine (C=N–C) groups is 1. The maximum Gasteiger partial charge on any atom is 0.321 e. The number of aliphatic carboxylic acids is 1. The van der Waals surface area contributed by atoms with Gasteiger partial charge in [0.25, 0.3) is 0 Å². The number of thioether (sulfide) groups is 1. The van der Waals surface area contributed by atoms with Crippen LogP contribution in [0.5, 0.6) is 0 Å². The summed E-state index contributed by atoms with van der Waals surface area (Å²) in [5, 5.41) is 8.76.